The molecule has 1 heterocycles. The molecule has 8 nitrogen and oxygen atoms in total. The molecule has 1 aliphatic heterocycles. The summed E-state index contributed by atoms with van der Waals surface area (Å²) in [7, 11) is 0. The highest BCUT2D eigenvalue weighted by atomic mass is 19.1. The number of rotatable bonds is 11. The average Bonchev–Trinajstić information content (AvgIpc) is 2.96. The van der Waals surface area contributed by atoms with Gasteiger partial charge in [-0.05, 0) is 62.6 Å². The number of carbonyl (C=O) groups is 2. The number of hydrogen-bond acceptors (Lipinski definition) is 6. The Morgan fingerprint density at radius 1 is 1.07 bits per heavy atom. The van der Waals surface area contributed by atoms with E-state index in [4.69, 9.17) is 14.2 Å². The monoisotopic (exact) mass is 592 g/mol. The molecule has 0 saturated carbocycles. The fourth-order valence-corrected chi connectivity index (χ4v) is 5.12. The van der Waals surface area contributed by atoms with E-state index in [1.807, 2.05) is 25.1 Å². The molecular formula is C34H41FN2O6. The SMILES string of the molecule is CCCC(NC(=O)OC(C)(C)C)c1cccc(-c2cc(COc3ccccc3CC(=O)O)cc(N3CCOCC3)c2)c1F. The molecule has 9 heteroatoms. The van der Waals surface area contributed by atoms with Gasteiger partial charge in [0.05, 0.1) is 25.7 Å². The zero-order valence-corrected chi connectivity index (χ0v) is 25.3. The van der Waals surface area contributed by atoms with Crippen LogP contribution in [0.15, 0.2) is 60.7 Å². The van der Waals surface area contributed by atoms with Crippen molar-refractivity contribution in [2.45, 2.75) is 65.2 Å². The maximum Gasteiger partial charge on any atom is 0.408 e. The molecule has 3 aromatic carbocycles. The standard InChI is InChI=1S/C34H41FN2O6/c1-5-9-29(36-33(40)43-34(2,3)4)28-12-8-11-27(32(28)35)25-18-23(19-26(20-25)37-14-16-41-17-15-37)22-42-30-13-7-6-10-24(30)21-31(38)39/h6-8,10-13,18-20,29H,5,9,14-17,21-22H2,1-4H3,(H,36,40)(H,38,39). The molecule has 4 rings (SSSR count). The molecular weight excluding hydrogens is 551 g/mol. The van der Waals surface area contributed by atoms with Crippen LogP contribution in [0.25, 0.3) is 11.1 Å². The normalized spacial score (nSPS) is 14.2. The minimum atomic E-state index is -0.939. The van der Waals surface area contributed by atoms with Crippen molar-refractivity contribution < 1.29 is 33.3 Å². The van der Waals surface area contributed by atoms with Gasteiger partial charge in [-0.3, -0.25) is 4.79 Å². The van der Waals surface area contributed by atoms with E-state index in [1.165, 1.54) is 0 Å². The molecule has 1 fully saturated rings. The number of alkyl carbamates (subject to hydrolysis) is 1. The van der Waals surface area contributed by atoms with E-state index in [0.717, 1.165) is 17.7 Å². The summed E-state index contributed by atoms with van der Waals surface area (Å²) in [5.41, 5.74) is 3.11. The number of para-hydroxylation sites is 1. The van der Waals surface area contributed by atoms with Crippen LogP contribution in [0.4, 0.5) is 14.9 Å². The summed E-state index contributed by atoms with van der Waals surface area (Å²) in [6.07, 6.45) is 0.542. The number of halogens is 1. The summed E-state index contributed by atoms with van der Waals surface area (Å²) in [5, 5.41) is 12.2. The van der Waals surface area contributed by atoms with Gasteiger partial charge < -0.3 is 29.5 Å². The van der Waals surface area contributed by atoms with Crippen LogP contribution < -0.4 is 15.0 Å². The fourth-order valence-electron chi connectivity index (χ4n) is 5.12. The zero-order valence-electron chi connectivity index (χ0n) is 25.3. The van der Waals surface area contributed by atoms with Crippen LogP contribution in [0.5, 0.6) is 5.75 Å². The van der Waals surface area contributed by atoms with Gasteiger partial charge in [-0.2, -0.15) is 0 Å². The van der Waals surface area contributed by atoms with Crippen LogP contribution in [0.3, 0.4) is 0 Å². The quantitative estimate of drug-likeness (QED) is 0.250. The van der Waals surface area contributed by atoms with Gasteiger partial charge in [0.15, 0.2) is 0 Å². The summed E-state index contributed by atoms with van der Waals surface area (Å²) in [6, 6.07) is 17.6. The molecule has 0 bridgehead atoms. The Kier molecular flexibility index (Phi) is 10.6. The Bertz CT molecular complexity index is 1410. The van der Waals surface area contributed by atoms with Crippen LogP contribution in [0.2, 0.25) is 0 Å². The molecule has 1 aliphatic rings. The van der Waals surface area contributed by atoms with Gasteiger partial charge >= 0.3 is 12.1 Å². The predicted octanol–water partition coefficient (Wildman–Crippen LogP) is 6.90. The number of nitrogens with one attached hydrogen (secondary N) is 1. The minimum absolute atomic E-state index is 0.149. The maximum atomic E-state index is 16.3. The third-order valence-corrected chi connectivity index (χ3v) is 7.05. The van der Waals surface area contributed by atoms with E-state index in [0.29, 0.717) is 60.7 Å². The van der Waals surface area contributed by atoms with Crippen molar-refractivity contribution in [3.8, 4) is 16.9 Å². The number of morpholine rings is 1. The molecule has 0 aliphatic carbocycles. The van der Waals surface area contributed by atoms with E-state index < -0.39 is 29.5 Å². The van der Waals surface area contributed by atoms with E-state index in [2.05, 4.69) is 10.2 Å². The lowest BCUT2D eigenvalue weighted by atomic mass is 9.95. The van der Waals surface area contributed by atoms with Gasteiger partial charge in [0.25, 0.3) is 0 Å². The van der Waals surface area contributed by atoms with Crippen molar-refractivity contribution in [2.75, 3.05) is 31.2 Å². The van der Waals surface area contributed by atoms with E-state index in [9.17, 15) is 14.7 Å². The molecule has 0 radical (unpaired) electrons. The number of ether oxygens (including phenoxy) is 3. The number of anilines is 1. The summed E-state index contributed by atoms with van der Waals surface area (Å²) in [6.45, 7) is 10.1. The second kappa shape index (κ2) is 14.4. The number of carboxylic acids is 1. The molecule has 2 N–H and O–H groups in total. The number of hydrogen-bond donors (Lipinski definition) is 2. The second-order valence-corrected chi connectivity index (χ2v) is 11.7. The summed E-state index contributed by atoms with van der Waals surface area (Å²) < 4.78 is 33.4. The molecule has 1 amide bonds. The number of aliphatic carboxylic acids is 1. The van der Waals surface area contributed by atoms with Gasteiger partial charge in [0.1, 0.15) is 23.8 Å². The molecule has 0 spiro atoms. The first-order valence-electron chi connectivity index (χ1n) is 14.7. The van der Waals surface area contributed by atoms with Crippen molar-refractivity contribution in [2.24, 2.45) is 0 Å². The summed E-state index contributed by atoms with van der Waals surface area (Å²) in [4.78, 5) is 26.1. The van der Waals surface area contributed by atoms with Crippen LogP contribution in [-0.2, 0) is 27.3 Å². The van der Waals surface area contributed by atoms with Gasteiger partial charge in [-0.1, -0.05) is 49.7 Å². The summed E-state index contributed by atoms with van der Waals surface area (Å²) in [5.74, 6) is -0.854. The van der Waals surface area contributed by atoms with Crippen LogP contribution >= 0.6 is 0 Å². The van der Waals surface area contributed by atoms with Crippen LogP contribution in [-0.4, -0.2) is 49.1 Å². The molecule has 1 atom stereocenters. The molecule has 230 valence electrons. The lowest BCUT2D eigenvalue weighted by molar-refractivity contribution is -0.136. The number of carbonyl (C=O) groups excluding carboxylic acids is 1. The smallest absolute Gasteiger partial charge is 0.408 e. The van der Waals surface area contributed by atoms with Crippen molar-refractivity contribution >= 4 is 17.7 Å². The highest BCUT2D eigenvalue weighted by Crippen LogP contribution is 2.34. The Morgan fingerprint density at radius 2 is 1.81 bits per heavy atom. The largest absolute Gasteiger partial charge is 0.489 e. The first-order chi connectivity index (χ1) is 20.5. The van der Waals surface area contributed by atoms with Crippen molar-refractivity contribution in [3.05, 3.63) is 83.2 Å². The Hall–Kier alpha value is -4.11. The Labute approximate surface area is 252 Å². The van der Waals surface area contributed by atoms with Crippen molar-refractivity contribution in [1.82, 2.24) is 5.32 Å². The molecule has 1 saturated heterocycles. The first kappa shape index (κ1) is 31.8. The van der Waals surface area contributed by atoms with Crippen LogP contribution in [0.1, 0.15) is 63.3 Å². The van der Waals surface area contributed by atoms with E-state index in [1.54, 1.807) is 63.2 Å². The second-order valence-electron chi connectivity index (χ2n) is 11.7. The topological polar surface area (TPSA) is 97.3 Å². The van der Waals surface area contributed by atoms with Gasteiger partial charge in [0.2, 0.25) is 0 Å². The lowest BCUT2D eigenvalue weighted by Crippen LogP contribution is -2.36. The molecule has 0 aromatic heterocycles. The number of nitrogens with zero attached hydrogens (tertiary/aromatic N) is 1. The van der Waals surface area contributed by atoms with Crippen LogP contribution in [0, 0.1) is 5.82 Å². The Balaban J connectivity index is 1.69. The third-order valence-electron chi connectivity index (χ3n) is 7.05. The number of carboxylic acid groups (broad SMARTS) is 1. The van der Waals surface area contributed by atoms with E-state index >= 15 is 4.39 Å². The lowest BCUT2D eigenvalue weighted by Gasteiger charge is -2.30. The van der Waals surface area contributed by atoms with Gasteiger partial charge in [-0.15, -0.1) is 0 Å². The molecule has 3 aromatic rings. The number of amides is 1. The maximum absolute atomic E-state index is 16.3. The van der Waals surface area contributed by atoms with Crippen molar-refractivity contribution in [3.63, 3.8) is 0 Å². The summed E-state index contributed by atoms with van der Waals surface area (Å²) >= 11 is 0. The fraction of sp³-hybridized carbons (Fsp3) is 0.412. The van der Waals surface area contributed by atoms with E-state index in [-0.39, 0.29) is 13.0 Å². The Morgan fingerprint density at radius 3 is 2.51 bits per heavy atom. The van der Waals surface area contributed by atoms with Crippen molar-refractivity contribution in [1.29, 1.82) is 0 Å². The number of benzene rings is 3. The minimum Gasteiger partial charge on any atom is -0.489 e. The highest BCUT2D eigenvalue weighted by Gasteiger charge is 2.24. The average molecular weight is 593 g/mol. The predicted molar refractivity (Wildman–Crippen MR) is 164 cm³/mol. The molecule has 1 unspecified atom stereocenters. The molecule has 43 heavy (non-hydrogen) atoms. The third kappa shape index (κ3) is 8.94. The van der Waals surface area contributed by atoms with Gasteiger partial charge in [-0.25, -0.2) is 9.18 Å². The first-order valence-corrected chi connectivity index (χ1v) is 14.7. The van der Waals surface area contributed by atoms with Gasteiger partial charge in [0, 0.05) is 35.5 Å². The highest BCUT2D eigenvalue weighted by molar-refractivity contribution is 5.73. The zero-order chi connectivity index (χ0) is 31.0.